The first-order chi connectivity index (χ1) is 7.41. The highest BCUT2D eigenvalue weighted by Crippen LogP contribution is 2.32. The van der Waals surface area contributed by atoms with Gasteiger partial charge in [0.25, 0.3) is 0 Å². The van der Waals surface area contributed by atoms with Crippen molar-refractivity contribution in [2.24, 2.45) is 0 Å². The van der Waals surface area contributed by atoms with Crippen molar-refractivity contribution < 1.29 is 13.5 Å². The lowest BCUT2D eigenvalue weighted by atomic mass is 9.80. The average Bonchev–Trinajstić information content (AvgIpc) is 2.15. The van der Waals surface area contributed by atoms with E-state index in [0.717, 1.165) is 19.3 Å². The Bertz CT molecular complexity index is 492. The minimum absolute atomic E-state index is 0.0402. The van der Waals surface area contributed by atoms with Gasteiger partial charge in [-0.1, -0.05) is 6.07 Å². The molecule has 1 aromatic carbocycles. The summed E-state index contributed by atoms with van der Waals surface area (Å²) in [6, 6.07) is 5.70. The van der Waals surface area contributed by atoms with Crippen LogP contribution < -0.4 is 4.72 Å². The smallest absolute Gasteiger partial charge is 0.241 e. The third kappa shape index (κ3) is 2.20. The minimum atomic E-state index is -3.51. The predicted molar refractivity (Wildman–Crippen MR) is 60.7 cm³/mol. The molecular weight excluding hydrogens is 226 g/mol. The lowest BCUT2D eigenvalue weighted by Gasteiger charge is -2.38. The Morgan fingerprint density at radius 3 is 2.56 bits per heavy atom. The summed E-state index contributed by atoms with van der Waals surface area (Å²) in [7, 11) is -3.51. The van der Waals surface area contributed by atoms with Crippen molar-refractivity contribution in [1.82, 2.24) is 4.72 Å². The molecule has 1 aromatic rings. The zero-order chi connectivity index (χ0) is 11.8. The summed E-state index contributed by atoms with van der Waals surface area (Å²) >= 11 is 0. The van der Waals surface area contributed by atoms with Gasteiger partial charge in [-0.25, -0.2) is 13.1 Å². The molecule has 0 radical (unpaired) electrons. The summed E-state index contributed by atoms with van der Waals surface area (Å²) < 4.78 is 26.6. The van der Waals surface area contributed by atoms with Gasteiger partial charge in [0.2, 0.25) is 10.0 Å². The number of hydrogen-bond acceptors (Lipinski definition) is 3. The van der Waals surface area contributed by atoms with E-state index in [2.05, 4.69) is 4.72 Å². The summed E-state index contributed by atoms with van der Waals surface area (Å²) in [5.74, 6) is -0.0402. The molecule has 4 nitrogen and oxygen atoms in total. The van der Waals surface area contributed by atoms with Crippen LogP contribution in [-0.4, -0.2) is 19.1 Å². The second kappa shape index (κ2) is 3.75. The molecule has 0 atom stereocenters. The lowest BCUT2D eigenvalue weighted by Crippen LogP contribution is -2.50. The molecule has 88 valence electrons. The highest BCUT2D eigenvalue weighted by Gasteiger charge is 2.36. The lowest BCUT2D eigenvalue weighted by molar-refractivity contribution is 0.248. The van der Waals surface area contributed by atoms with E-state index >= 15 is 0 Å². The van der Waals surface area contributed by atoms with Crippen LogP contribution in [0.5, 0.6) is 5.75 Å². The van der Waals surface area contributed by atoms with Gasteiger partial charge in [-0.3, -0.25) is 0 Å². The van der Waals surface area contributed by atoms with E-state index in [1.165, 1.54) is 24.3 Å². The predicted octanol–water partition coefficient (Wildman–Crippen LogP) is 1.61. The van der Waals surface area contributed by atoms with Crippen molar-refractivity contribution in [2.45, 2.75) is 36.6 Å². The summed E-state index contributed by atoms with van der Waals surface area (Å²) in [6.07, 6.45) is 2.79. The van der Waals surface area contributed by atoms with Crippen LogP contribution in [0, 0.1) is 0 Å². The molecule has 0 saturated heterocycles. The third-order valence-electron chi connectivity index (χ3n) is 2.97. The summed E-state index contributed by atoms with van der Waals surface area (Å²) in [6.45, 7) is 1.90. The molecule has 0 bridgehead atoms. The SMILES string of the molecule is CC1(NS(=O)(=O)c2cccc(O)c2)CCC1. The molecule has 1 aliphatic carbocycles. The van der Waals surface area contributed by atoms with E-state index in [4.69, 9.17) is 0 Å². The van der Waals surface area contributed by atoms with Crippen LogP contribution in [0.1, 0.15) is 26.2 Å². The number of rotatable bonds is 3. The fourth-order valence-corrected chi connectivity index (χ4v) is 3.35. The zero-order valence-corrected chi connectivity index (χ0v) is 9.92. The molecule has 16 heavy (non-hydrogen) atoms. The molecule has 0 spiro atoms. The molecule has 2 rings (SSSR count). The quantitative estimate of drug-likeness (QED) is 0.845. The molecule has 0 aliphatic heterocycles. The maximum absolute atomic E-state index is 12.0. The maximum atomic E-state index is 12.0. The van der Waals surface area contributed by atoms with Gasteiger partial charge in [-0.2, -0.15) is 0 Å². The molecular formula is C11H15NO3S. The third-order valence-corrected chi connectivity index (χ3v) is 4.60. The Morgan fingerprint density at radius 2 is 2.06 bits per heavy atom. The van der Waals surface area contributed by atoms with Crippen molar-refractivity contribution in [3.8, 4) is 5.75 Å². The number of phenolic OH excluding ortho intramolecular Hbond substituents is 1. The molecule has 5 heteroatoms. The molecule has 0 unspecified atom stereocenters. The first-order valence-corrected chi connectivity index (χ1v) is 6.73. The second-order valence-corrected chi connectivity index (χ2v) is 6.20. The van der Waals surface area contributed by atoms with Crippen LogP contribution in [-0.2, 0) is 10.0 Å². The van der Waals surface area contributed by atoms with Gasteiger partial charge in [0, 0.05) is 5.54 Å². The maximum Gasteiger partial charge on any atom is 0.241 e. The van der Waals surface area contributed by atoms with Crippen LogP contribution in [0.3, 0.4) is 0 Å². The van der Waals surface area contributed by atoms with Crippen molar-refractivity contribution in [1.29, 1.82) is 0 Å². The van der Waals surface area contributed by atoms with Gasteiger partial charge < -0.3 is 5.11 Å². The van der Waals surface area contributed by atoms with Gasteiger partial charge in [-0.05, 0) is 44.4 Å². The van der Waals surface area contributed by atoms with Crippen molar-refractivity contribution >= 4 is 10.0 Å². The summed E-state index contributed by atoms with van der Waals surface area (Å²) in [5.41, 5.74) is -0.315. The number of sulfonamides is 1. The fraction of sp³-hybridized carbons (Fsp3) is 0.455. The Hall–Kier alpha value is -1.07. The van der Waals surface area contributed by atoms with Crippen LogP contribution in [0.15, 0.2) is 29.2 Å². The Balaban J connectivity index is 2.25. The molecule has 2 N–H and O–H groups in total. The topological polar surface area (TPSA) is 66.4 Å². The fourth-order valence-electron chi connectivity index (χ4n) is 1.84. The monoisotopic (exact) mass is 241 g/mol. The minimum Gasteiger partial charge on any atom is -0.508 e. The van der Waals surface area contributed by atoms with E-state index in [1.807, 2.05) is 6.92 Å². The van der Waals surface area contributed by atoms with Gasteiger partial charge in [0.05, 0.1) is 4.90 Å². The van der Waals surface area contributed by atoms with Crippen LogP contribution in [0.25, 0.3) is 0 Å². The molecule has 0 heterocycles. The Kier molecular flexibility index (Phi) is 2.67. The largest absolute Gasteiger partial charge is 0.508 e. The number of phenols is 1. The van der Waals surface area contributed by atoms with Gasteiger partial charge in [-0.15, -0.1) is 0 Å². The van der Waals surface area contributed by atoms with Gasteiger partial charge >= 0.3 is 0 Å². The Morgan fingerprint density at radius 1 is 1.38 bits per heavy atom. The van der Waals surface area contributed by atoms with Crippen LogP contribution >= 0.6 is 0 Å². The molecule has 0 aromatic heterocycles. The molecule has 1 saturated carbocycles. The first-order valence-electron chi connectivity index (χ1n) is 5.24. The highest BCUT2D eigenvalue weighted by molar-refractivity contribution is 7.89. The number of aromatic hydroxyl groups is 1. The van der Waals surface area contributed by atoms with E-state index in [-0.39, 0.29) is 16.2 Å². The van der Waals surface area contributed by atoms with E-state index in [1.54, 1.807) is 0 Å². The highest BCUT2D eigenvalue weighted by atomic mass is 32.2. The molecule has 0 amide bonds. The normalized spacial score (nSPS) is 19.1. The van der Waals surface area contributed by atoms with Crippen LogP contribution in [0.2, 0.25) is 0 Å². The zero-order valence-electron chi connectivity index (χ0n) is 9.10. The summed E-state index contributed by atoms with van der Waals surface area (Å²) in [4.78, 5) is 0.112. The average molecular weight is 241 g/mol. The first kappa shape index (κ1) is 11.4. The van der Waals surface area contributed by atoms with Crippen molar-refractivity contribution in [2.75, 3.05) is 0 Å². The van der Waals surface area contributed by atoms with Gasteiger partial charge in [0.15, 0.2) is 0 Å². The van der Waals surface area contributed by atoms with Crippen molar-refractivity contribution in [3.63, 3.8) is 0 Å². The number of benzene rings is 1. The number of hydrogen-bond donors (Lipinski definition) is 2. The Labute approximate surface area is 95.4 Å². The molecule has 1 aliphatic rings. The second-order valence-electron chi connectivity index (χ2n) is 4.52. The van der Waals surface area contributed by atoms with Crippen molar-refractivity contribution in [3.05, 3.63) is 24.3 Å². The van der Waals surface area contributed by atoms with E-state index in [0.29, 0.717) is 0 Å². The number of nitrogens with one attached hydrogen (secondary N) is 1. The van der Waals surface area contributed by atoms with Crippen LogP contribution in [0.4, 0.5) is 0 Å². The molecule has 1 fully saturated rings. The van der Waals surface area contributed by atoms with Gasteiger partial charge in [0.1, 0.15) is 5.75 Å². The van der Waals surface area contributed by atoms with E-state index in [9.17, 15) is 13.5 Å². The van der Waals surface area contributed by atoms with E-state index < -0.39 is 10.0 Å². The standard InChI is InChI=1S/C11H15NO3S/c1-11(6-3-7-11)12-16(14,15)10-5-2-4-9(13)8-10/h2,4-5,8,12-13H,3,6-7H2,1H3. The summed E-state index contributed by atoms with van der Waals surface area (Å²) in [5, 5.41) is 9.25.